The molecule has 0 atom stereocenters. The number of hydrogen-bond donors (Lipinski definition) is 2. The van der Waals surface area contributed by atoms with Gasteiger partial charge in [0, 0.05) is 0 Å². The second kappa shape index (κ2) is 3.26. The van der Waals surface area contributed by atoms with Crippen LogP contribution < -0.4 is 0 Å². The third-order valence-electron chi connectivity index (χ3n) is 3.49. The smallest absolute Gasteiger partial charge is 0.309 e. The molecule has 0 radical (unpaired) electrons. The summed E-state index contributed by atoms with van der Waals surface area (Å²) in [6.45, 7) is 3.38. The fraction of sp³-hybridized carbons (Fsp3) is 0.800. The van der Waals surface area contributed by atoms with Crippen molar-refractivity contribution >= 4 is 11.9 Å². The quantitative estimate of drug-likeness (QED) is 0.712. The third-order valence-corrected chi connectivity index (χ3v) is 3.49. The molecule has 0 spiro atoms. The summed E-state index contributed by atoms with van der Waals surface area (Å²) in [5.74, 6) is -1.63. The van der Waals surface area contributed by atoms with Crippen molar-refractivity contribution in [1.29, 1.82) is 0 Å². The summed E-state index contributed by atoms with van der Waals surface area (Å²) in [5.41, 5.74) is -1.45. The van der Waals surface area contributed by atoms with Gasteiger partial charge in [0.15, 0.2) is 0 Å². The molecule has 1 fully saturated rings. The van der Waals surface area contributed by atoms with Crippen molar-refractivity contribution in [3.8, 4) is 0 Å². The summed E-state index contributed by atoms with van der Waals surface area (Å²) in [6, 6.07) is 0. The molecule has 1 saturated carbocycles. The maximum Gasteiger partial charge on any atom is 0.309 e. The molecule has 0 saturated heterocycles. The average molecular weight is 200 g/mol. The highest BCUT2D eigenvalue weighted by Crippen LogP contribution is 2.45. The lowest BCUT2D eigenvalue weighted by molar-refractivity contribution is -0.159. The van der Waals surface area contributed by atoms with Gasteiger partial charge in [0.1, 0.15) is 0 Å². The predicted molar refractivity (Wildman–Crippen MR) is 50.0 cm³/mol. The van der Waals surface area contributed by atoms with Crippen LogP contribution in [0.25, 0.3) is 0 Å². The monoisotopic (exact) mass is 200 g/mol. The number of rotatable bonds is 2. The molecule has 1 aliphatic rings. The molecular weight excluding hydrogens is 184 g/mol. The lowest BCUT2D eigenvalue weighted by atomic mass is 9.65. The zero-order valence-electron chi connectivity index (χ0n) is 8.54. The van der Waals surface area contributed by atoms with E-state index >= 15 is 0 Å². The minimum Gasteiger partial charge on any atom is -0.481 e. The average Bonchev–Trinajstić information content (AvgIpc) is 2.10. The highest BCUT2D eigenvalue weighted by atomic mass is 16.4. The molecule has 0 amide bonds. The van der Waals surface area contributed by atoms with Crippen LogP contribution in [0.1, 0.15) is 39.5 Å². The van der Waals surface area contributed by atoms with E-state index in [2.05, 4.69) is 0 Å². The van der Waals surface area contributed by atoms with Crippen molar-refractivity contribution in [1.82, 2.24) is 0 Å². The Morgan fingerprint density at radius 2 is 1.07 bits per heavy atom. The lowest BCUT2D eigenvalue weighted by Gasteiger charge is -2.38. The number of aliphatic carboxylic acids is 2. The van der Waals surface area contributed by atoms with Crippen LogP contribution in [0.3, 0.4) is 0 Å². The second-order valence-corrected chi connectivity index (χ2v) is 4.73. The van der Waals surface area contributed by atoms with Gasteiger partial charge in [-0.3, -0.25) is 9.59 Å². The van der Waals surface area contributed by atoms with Crippen LogP contribution in [0, 0.1) is 10.8 Å². The van der Waals surface area contributed by atoms with Gasteiger partial charge in [0.25, 0.3) is 0 Å². The normalized spacial score (nSPS) is 37.9. The van der Waals surface area contributed by atoms with E-state index in [0.717, 1.165) is 0 Å². The van der Waals surface area contributed by atoms with Gasteiger partial charge in [-0.25, -0.2) is 0 Å². The van der Waals surface area contributed by atoms with E-state index in [-0.39, 0.29) is 0 Å². The van der Waals surface area contributed by atoms with Crippen LogP contribution in [0.15, 0.2) is 0 Å². The van der Waals surface area contributed by atoms with Crippen molar-refractivity contribution in [3.05, 3.63) is 0 Å². The molecule has 4 nitrogen and oxygen atoms in total. The van der Waals surface area contributed by atoms with Crippen LogP contribution in [0.5, 0.6) is 0 Å². The molecule has 0 bridgehead atoms. The Labute approximate surface area is 82.9 Å². The number of hydrogen-bond acceptors (Lipinski definition) is 2. The van der Waals surface area contributed by atoms with Crippen molar-refractivity contribution < 1.29 is 19.8 Å². The standard InChI is InChI=1S/C10H16O4/c1-9(7(11)12)3-5-10(2,6-4-9)8(13)14/h3-6H2,1-2H3,(H,11,12)(H,13,14)/t9-,10-. The second-order valence-electron chi connectivity index (χ2n) is 4.73. The molecule has 0 aliphatic heterocycles. The summed E-state index contributed by atoms with van der Waals surface area (Å²) in [5, 5.41) is 17.9. The Bertz CT molecular complexity index is 233. The molecule has 1 rings (SSSR count). The van der Waals surface area contributed by atoms with Gasteiger partial charge >= 0.3 is 11.9 Å². The number of carboxylic acid groups (broad SMARTS) is 2. The molecule has 0 heterocycles. The zero-order valence-corrected chi connectivity index (χ0v) is 8.54. The van der Waals surface area contributed by atoms with E-state index in [1.54, 1.807) is 13.8 Å². The molecule has 0 aromatic heterocycles. The van der Waals surface area contributed by atoms with Gasteiger partial charge < -0.3 is 10.2 Å². The van der Waals surface area contributed by atoms with Crippen LogP contribution in [0.4, 0.5) is 0 Å². The van der Waals surface area contributed by atoms with Gasteiger partial charge in [0.05, 0.1) is 10.8 Å². The van der Waals surface area contributed by atoms with Crippen molar-refractivity contribution in [2.45, 2.75) is 39.5 Å². The summed E-state index contributed by atoms with van der Waals surface area (Å²) in [7, 11) is 0. The Morgan fingerprint density at radius 1 is 0.857 bits per heavy atom. The highest BCUT2D eigenvalue weighted by molar-refractivity contribution is 5.77. The van der Waals surface area contributed by atoms with E-state index in [9.17, 15) is 9.59 Å². The molecule has 0 aromatic rings. The fourth-order valence-electron chi connectivity index (χ4n) is 1.78. The van der Waals surface area contributed by atoms with E-state index in [4.69, 9.17) is 10.2 Å². The first-order valence-corrected chi connectivity index (χ1v) is 4.77. The van der Waals surface area contributed by atoms with E-state index < -0.39 is 22.8 Å². The van der Waals surface area contributed by atoms with Crippen LogP contribution in [-0.2, 0) is 9.59 Å². The summed E-state index contributed by atoms with van der Waals surface area (Å²) < 4.78 is 0. The number of carboxylic acids is 2. The van der Waals surface area contributed by atoms with Gasteiger partial charge in [-0.2, -0.15) is 0 Å². The topological polar surface area (TPSA) is 74.6 Å². The first-order valence-electron chi connectivity index (χ1n) is 4.77. The lowest BCUT2D eigenvalue weighted by Crippen LogP contribution is -2.39. The van der Waals surface area contributed by atoms with Crippen molar-refractivity contribution in [2.75, 3.05) is 0 Å². The van der Waals surface area contributed by atoms with Gasteiger partial charge in [-0.05, 0) is 39.5 Å². The summed E-state index contributed by atoms with van der Waals surface area (Å²) in [6.07, 6.45) is 1.80. The molecular formula is C10H16O4. The molecule has 2 N–H and O–H groups in total. The molecule has 0 aromatic carbocycles. The molecule has 14 heavy (non-hydrogen) atoms. The predicted octanol–water partition coefficient (Wildman–Crippen LogP) is 1.74. The van der Waals surface area contributed by atoms with E-state index in [1.807, 2.05) is 0 Å². The largest absolute Gasteiger partial charge is 0.481 e. The molecule has 80 valence electrons. The first kappa shape index (κ1) is 11.0. The summed E-state index contributed by atoms with van der Waals surface area (Å²) >= 11 is 0. The summed E-state index contributed by atoms with van der Waals surface area (Å²) in [4.78, 5) is 21.8. The molecule has 0 unspecified atom stereocenters. The minimum absolute atomic E-state index is 0.450. The SMILES string of the molecule is C[C@]1(C(=O)O)CC[C@](C)(C(=O)O)CC1. The van der Waals surface area contributed by atoms with Crippen molar-refractivity contribution in [2.24, 2.45) is 10.8 Å². The molecule has 4 heteroatoms. The van der Waals surface area contributed by atoms with Crippen LogP contribution >= 0.6 is 0 Å². The Morgan fingerprint density at radius 3 is 1.21 bits per heavy atom. The fourth-order valence-corrected chi connectivity index (χ4v) is 1.78. The Kier molecular flexibility index (Phi) is 2.56. The molecule has 1 aliphatic carbocycles. The third kappa shape index (κ3) is 1.74. The Hall–Kier alpha value is -1.06. The van der Waals surface area contributed by atoms with Crippen LogP contribution in [0.2, 0.25) is 0 Å². The van der Waals surface area contributed by atoms with Crippen molar-refractivity contribution in [3.63, 3.8) is 0 Å². The van der Waals surface area contributed by atoms with Gasteiger partial charge in [-0.15, -0.1) is 0 Å². The van der Waals surface area contributed by atoms with Gasteiger partial charge in [0.2, 0.25) is 0 Å². The maximum absolute atomic E-state index is 10.9. The zero-order chi connectivity index (χ0) is 11.0. The Balaban J connectivity index is 2.71. The number of carbonyl (C=O) groups is 2. The highest BCUT2D eigenvalue weighted by Gasteiger charge is 2.45. The minimum atomic E-state index is -0.815. The van der Waals surface area contributed by atoms with E-state index in [0.29, 0.717) is 25.7 Å². The maximum atomic E-state index is 10.9. The van der Waals surface area contributed by atoms with Gasteiger partial charge in [-0.1, -0.05) is 0 Å². The first-order chi connectivity index (χ1) is 6.30. The van der Waals surface area contributed by atoms with Crippen LogP contribution in [-0.4, -0.2) is 22.2 Å². The van der Waals surface area contributed by atoms with E-state index in [1.165, 1.54) is 0 Å².